The van der Waals surface area contributed by atoms with Crippen molar-refractivity contribution in [2.45, 2.75) is 13.0 Å². The van der Waals surface area contributed by atoms with E-state index in [1.54, 1.807) is 25.3 Å². The fraction of sp³-hybridized carbons (Fsp3) is 0.143. The minimum Gasteiger partial charge on any atom is -0.399 e. The largest absolute Gasteiger partial charge is 0.399 e. The molecule has 0 aliphatic carbocycles. The lowest BCUT2D eigenvalue weighted by molar-refractivity contribution is 0.0935. The summed E-state index contributed by atoms with van der Waals surface area (Å²) in [4.78, 5) is 16.1. The minimum absolute atomic E-state index is 0.0306. The van der Waals surface area contributed by atoms with E-state index < -0.39 is 11.7 Å². The summed E-state index contributed by atoms with van der Waals surface area (Å²) in [5.74, 6) is -1.12. The number of anilines is 1. The van der Waals surface area contributed by atoms with E-state index in [1.807, 2.05) is 6.07 Å². The number of pyridine rings is 1. The summed E-state index contributed by atoms with van der Waals surface area (Å²) in [5.41, 5.74) is 6.41. The van der Waals surface area contributed by atoms with Crippen molar-refractivity contribution in [2.24, 2.45) is 0 Å². The Kier molecular flexibility index (Phi) is 3.75. The molecule has 0 saturated heterocycles. The van der Waals surface area contributed by atoms with Crippen LogP contribution in [0.5, 0.6) is 0 Å². The molecule has 98 valence electrons. The summed E-state index contributed by atoms with van der Waals surface area (Å²) in [6.07, 6.45) is 1.64. The van der Waals surface area contributed by atoms with Gasteiger partial charge in [0.15, 0.2) is 0 Å². The molecule has 1 aromatic carbocycles. The van der Waals surface area contributed by atoms with Gasteiger partial charge in [-0.05, 0) is 37.3 Å². The second kappa shape index (κ2) is 5.48. The fourth-order valence-electron chi connectivity index (χ4n) is 1.70. The Morgan fingerprint density at radius 3 is 2.79 bits per heavy atom. The zero-order valence-electron chi connectivity index (χ0n) is 10.4. The number of aromatic nitrogens is 1. The molecule has 5 heteroatoms. The van der Waals surface area contributed by atoms with E-state index in [9.17, 15) is 9.18 Å². The molecule has 0 radical (unpaired) electrons. The number of benzene rings is 1. The van der Waals surface area contributed by atoms with Gasteiger partial charge >= 0.3 is 0 Å². The Bertz CT molecular complexity index is 586. The van der Waals surface area contributed by atoms with E-state index in [-0.39, 0.29) is 17.3 Å². The van der Waals surface area contributed by atoms with Gasteiger partial charge in [0.1, 0.15) is 5.82 Å². The normalized spacial score (nSPS) is 11.9. The van der Waals surface area contributed by atoms with E-state index in [0.29, 0.717) is 5.69 Å². The van der Waals surface area contributed by atoms with Gasteiger partial charge in [0.05, 0.1) is 17.3 Å². The van der Waals surface area contributed by atoms with Crippen molar-refractivity contribution < 1.29 is 9.18 Å². The van der Waals surface area contributed by atoms with Gasteiger partial charge in [-0.2, -0.15) is 0 Å². The van der Waals surface area contributed by atoms with Crippen molar-refractivity contribution in [2.75, 3.05) is 5.73 Å². The molecule has 2 rings (SSSR count). The van der Waals surface area contributed by atoms with Crippen molar-refractivity contribution in [3.05, 3.63) is 59.7 Å². The third kappa shape index (κ3) is 3.07. The lowest BCUT2D eigenvalue weighted by Crippen LogP contribution is -2.28. The average Bonchev–Trinajstić information content (AvgIpc) is 2.39. The Hall–Kier alpha value is -2.43. The number of nitrogens with two attached hydrogens (primary N) is 1. The van der Waals surface area contributed by atoms with Crippen LogP contribution in [0.1, 0.15) is 29.0 Å². The number of nitrogen functional groups attached to an aromatic ring is 1. The van der Waals surface area contributed by atoms with Crippen LogP contribution in [0.15, 0.2) is 42.6 Å². The molecule has 0 saturated carbocycles. The summed E-state index contributed by atoms with van der Waals surface area (Å²) in [6.45, 7) is 1.79. The molecule has 1 amide bonds. The van der Waals surface area contributed by atoms with E-state index in [0.717, 1.165) is 6.07 Å². The number of halogens is 1. The van der Waals surface area contributed by atoms with Crippen LogP contribution in [0.3, 0.4) is 0 Å². The molecule has 4 nitrogen and oxygen atoms in total. The number of carbonyl (C=O) groups excluding carboxylic acids is 1. The number of nitrogens with zero attached hydrogens (tertiary/aromatic N) is 1. The SMILES string of the molecule is C[C@H](NC(=O)c1ccc(N)cc1F)c1ccccn1. The van der Waals surface area contributed by atoms with Gasteiger partial charge in [0.2, 0.25) is 0 Å². The lowest BCUT2D eigenvalue weighted by Gasteiger charge is -2.13. The second-order valence-corrected chi connectivity index (χ2v) is 4.19. The summed E-state index contributed by atoms with van der Waals surface area (Å²) < 4.78 is 13.6. The third-order valence-electron chi connectivity index (χ3n) is 2.72. The van der Waals surface area contributed by atoms with Crippen molar-refractivity contribution in [1.82, 2.24) is 10.3 Å². The Labute approximate surface area is 110 Å². The van der Waals surface area contributed by atoms with Crippen LogP contribution in [0.25, 0.3) is 0 Å². The summed E-state index contributed by atoms with van der Waals surface area (Å²) in [5, 5.41) is 2.69. The lowest BCUT2D eigenvalue weighted by atomic mass is 10.1. The number of hydrogen-bond donors (Lipinski definition) is 2. The van der Waals surface area contributed by atoms with Gasteiger partial charge in [0.25, 0.3) is 5.91 Å². The molecule has 0 aliphatic rings. The maximum atomic E-state index is 13.6. The number of amides is 1. The van der Waals surface area contributed by atoms with E-state index >= 15 is 0 Å². The van der Waals surface area contributed by atoms with Gasteiger partial charge in [-0.15, -0.1) is 0 Å². The van der Waals surface area contributed by atoms with Crippen LogP contribution in [-0.2, 0) is 0 Å². The van der Waals surface area contributed by atoms with Crippen molar-refractivity contribution in [3.8, 4) is 0 Å². The molecule has 0 unspecified atom stereocenters. The monoisotopic (exact) mass is 259 g/mol. The number of rotatable bonds is 3. The minimum atomic E-state index is -0.634. The van der Waals surface area contributed by atoms with Crippen LogP contribution < -0.4 is 11.1 Å². The van der Waals surface area contributed by atoms with E-state index in [1.165, 1.54) is 12.1 Å². The highest BCUT2D eigenvalue weighted by atomic mass is 19.1. The highest BCUT2D eigenvalue weighted by Crippen LogP contribution is 2.14. The van der Waals surface area contributed by atoms with E-state index in [2.05, 4.69) is 10.3 Å². The quantitative estimate of drug-likeness (QED) is 0.831. The first-order valence-corrected chi connectivity index (χ1v) is 5.84. The highest BCUT2D eigenvalue weighted by molar-refractivity contribution is 5.95. The molecule has 3 N–H and O–H groups in total. The van der Waals surface area contributed by atoms with E-state index in [4.69, 9.17) is 5.73 Å². The standard InChI is InChI=1S/C14H14FN3O/c1-9(13-4-2-3-7-17-13)18-14(19)11-6-5-10(16)8-12(11)15/h2-9H,16H2,1H3,(H,18,19)/t9-/m0/s1. The van der Waals surface area contributed by atoms with Gasteiger partial charge in [-0.25, -0.2) is 4.39 Å². The van der Waals surface area contributed by atoms with Crippen molar-refractivity contribution in [3.63, 3.8) is 0 Å². The Morgan fingerprint density at radius 2 is 2.16 bits per heavy atom. The summed E-state index contributed by atoms with van der Waals surface area (Å²) in [6, 6.07) is 9.09. The average molecular weight is 259 g/mol. The highest BCUT2D eigenvalue weighted by Gasteiger charge is 2.15. The molecule has 0 fully saturated rings. The molecule has 1 atom stereocenters. The number of nitrogens with one attached hydrogen (secondary N) is 1. The van der Waals surface area contributed by atoms with Crippen molar-refractivity contribution in [1.29, 1.82) is 0 Å². The third-order valence-corrected chi connectivity index (χ3v) is 2.72. The van der Waals surface area contributed by atoms with Crippen LogP contribution >= 0.6 is 0 Å². The second-order valence-electron chi connectivity index (χ2n) is 4.19. The smallest absolute Gasteiger partial charge is 0.254 e. The zero-order chi connectivity index (χ0) is 13.8. The predicted molar refractivity (Wildman–Crippen MR) is 70.9 cm³/mol. The molecule has 2 aromatic rings. The predicted octanol–water partition coefficient (Wildman–Crippen LogP) is 2.29. The first kappa shape index (κ1) is 13.0. The molecular formula is C14H14FN3O. The van der Waals surface area contributed by atoms with Crippen LogP contribution in [0.4, 0.5) is 10.1 Å². The van der Waals surface area contributed by atoms with Crippen LogP contribution in [0, 0.1) is 5.82 Å². The van der Waals surface area contributed by atoms with Crippen molar-refractivity contribution >= 4 is 11.6 Å². The van der Waals surface area contributed by atoms with Gasteiger partial charge in [0, 0.05) is 11.9 Å². The maximum Gasteiger partial charge on any atom is 0.254 e. The Morgan fingerprint density at radius 1 is 1.37 bits per heavy atom. The molecular weight excluding hydrogens is 245 g/mol. The van der Waals surface area contributed by atoms with Gasteiger partial charge in [-0.1, -0.05) is 6.07 Å². The zero-order valence-corrected chi connectivity index (χ0v) is 10.4. The topological polar surface area (TPSA) is 68.0 Å². The molecule has 19 heavy (non-hydrogen) atoms. The molecule has 0 spiro atoms. The summed E-state index contributed by atoms with van der Waals surface area (Å²) >= 11 is 0. The molecule has 1 heterocycles. The first-order valence-electron chi connectivity index (χ1n) is 5.84. The molecule has 1 aromatic heterocycles. The van der Waals surface area contributed by atoms with Gasteiger partial charge < -0.3 is 11.1 Å². The Balaban J connectivity index is 2.13. The maximum absolute atomic E-state index is 13.6. The molecule has 0 aliphatic heterocycles. The first-order chi connectivity index (χ1) is 9.08. The summed E-state index contributed by atoms with van der Waals surface area (Å²) in [7, 11) is 0. The molecule has 0 bridgehead atoms. The van der Waals surface area contributed by atoms with Crippen LogP contribution in [0.2, 0.25) is 0 Å². The van der Waals surface area contributed by atoms with Gasteiger partial charge in [-0.3, -0.25) is 9.78 Å². The number of hydrogen-bond acceptors (Lipinski definition) is 3. The number of carbonyl (C=O) groups is 1. The fourth-order valence-corrected chi connectivity index (χ4v) is 1.70. The van der Waals surface area contributed by atoms with Crippen LogP contribution in [-0.4, -0.2) is 10.9 Å².